The number of hydrogen-bond donors (Lipinski definition) is 1. The van der Waals surface area contributed by atoms with Gasteiger partial charge in [-0.25, -0.2) is 0 Å². The van der Waals surface area contributed by atoms with Crippen LogP contribution in [0, 0.1) is 0 Å². The van der Waals surface area contributed by atoms with Crippen molar-refractivity contribution in [1.82, 2.24) is 4.98 Å². The average molecular weight is 279 g/mol. The summed E-state index contributed by atoms with van der Waals surface area (Å²) in [4.78, 5) is 6.51. The van der Waals surface area contributed by atoms with Crippen molar-refractivity contribution in [3.8, 4) is 0 Å². The zero-order valence-corrected chi connectivity index (χ0v) is 10.2. The largest absolute Gasteiger partial charge is 0.389 e. The molecule has 3 nitrogen and oxygen atoms in total. The van der Waals surface area contributed by atoms with E-state index in [2.05, 4.69) is 31.9 Å². The molecule has 0 atom stereocenters. The first-order valence-electron chi connectivity index (χ1n) is 5.21. The molecule has 3 rings (SSSR count). The van der Waals surface area contributed by atoms with E-state index in [4.69, 9.17) is 0 Å². The van der Waals surface area contributed by atoms with Crippen LogP contribution >= 0.6 is 15.9 Å². The summed E-state index contributed by atoms with van der Waals surface area (Å²) in [5.74, 6) is 0. The van der Waals surface area contributed by atoms with Gasteiger partial charge in [0, 0.05) is 34.8 Å². The van der Waals surface area contributed by atoms with Crippen LogP contribution in [0.4, 0.5) is 5.69 Å². The predicted octanol–water partition coefficient (Wildman–Crippen LogP) is 2.18. The van der Waals surface area contributed by atoms with E-state index in [1.807, 2.05) is 24.4 Å². The topological polar surface area (TPSA) is 36.4 Å². The van der Waals surface area contributed by atoms with Crippen LogP contribution < -0.4 is 4.90 Å². The first-order chi connectivity index (χ1) is 7.74. The van der Waals surface area contributed by atoms with Crippen molar-refractivity contribution in [2.45, 2.75) is 6.10 Å². The predicted molar refractivity (Wildman–Crippen MR) is 67.7 cm³/mol. The Morgan fingerprint density at radius 2 is 2.12 bits per heavy atom. The lowest BCUT2D eigenvalue weighted by atomic mass is 10.1. The van der Waals surface area contributed by atoms with Crippen molar-refractivity contribution in [3.63, 3.8) is 0 Å². The molecule has 16 heavy (non-hydrogen) atoms. The minimum atomic E-state index is -0.182. The Kier molecular flexibility index (Phi) is 2.33. The van der Waals surface area contributed by atoms with E-state index in [0.29, 0.717) is 0 Å². The summed E-state index contributed by atoms with van der Waals surface area (Å²) in [6.45, 7) is 1.43. The molecule has 0 unspecified atom stereocenters. The van der Waals surface area contributed by atoms with E-state index < -0.39 is 0 Å². The highest BCUT2D eigenvalue weighted by molar-refractivity contribution is 9.10. The second-order valence-corrected chi connectivity index (χ2v) is 4.97. The van der Waals surface area contributed by atoms with Crippen molar-refractivity contribution in [3.05, 3.63) is 34.9 Å². The van der Waals surface area contributed by atoms with Gasteiger partial charge in [0.15, 0.2) is 0 Å². The molecule has 1 saturated heterocycles. The van der Waals surface area contributed by atoms with E-state index >= 15 is 0 Å². The fourth-order valence-electron chi connectivity index (χ4n) is 2.03. The maximum absolute atomic E-state index is 9.33. The summed E-state index contributed by atoms with van der Waals surface area (Å²) >= 11 is 3.44. The molecule has 0 aliphatic carbocycles. The standard InChI is InChI=1S/C12H11BrN2O/c13-8-1-2-10-11(5-8)14-4-3-12(10)15-6-9(16)7-15/h1-5,9,16H,6-7H2. The lowest BCUT2D eigenvalue weighted by Crippen LogP contribution is -2.50. The molecule has 0 spiro atoms. The molecule has 2 aromatic rings. The Labute approximate surface area is 102 Å². The van der Waals surface area contributed by atoms with E-state index in [1.54, 1.807) is 0 Å². The zero-order chi connectivity index (χ0) is 11.1. The van der Waals surface area contributed by atoms with Gasteiger partial charge in [-0.2, -0.15) is 0 Å². The summed E-state index contributed by atoms with van der Waals surface area (Å²) < 4.78 is 1.04. The lowest BCUT2D eigenvalue weighted by molar-refractivity contribution is 0.142. The Hall–Kier alpha value is -1.13. The molecule has 1 aromatic heterocycles. The summed E-state index contributed by atoms with van der Waals surface area (Å²) in [5.41, 5.74) is 2.14. The molecule has 1 aliphatic heterocycles. The molecule has 1 N–H and O–H groups in total. The molecule has 82 valence electrons. The number of anilines is 1. The van der Waals surface area contributed by atoms with Crippen molar-refractivity contribution in [2.24, 2.45) is 0 Å². The van der Waals surface area contributed by atoms with Crippen LogP contribution in [0.25, 0.3) is 10.9 Å². The molecule has 1 aromatic carbocycles. The Balaban J connectivity index is 2.11. The maximum atomic E-state index is 9.33. The summed E-state index contributed by atoms with van der Waals surface area (Å²) in [6, 6.07) is 8.09. The number of aliphatic hydroxyl groups excluding tert-OH is 1. The third kappa shape index (κ3) is 1.58. The highest BCUT2D eigenvalue weighted by Gasteiger charge is 2.25. The number of fused-ring (bicyclic) bond motifs is 1. The van der Waals surface area contributed by atoms with Gasteiger partial charge in [0.25, 0.3) is 0 Å². The van der Waals surface area contributed by atoms with Gasteiger partial charge in [0.2, 0.25) is 0 Å². The minimum absolute atomic E-state index is 0.182. The Morgan fingerprint density at radius 1 is 1.31 bits per heavy atom. The van der Waals surface area contributed by atoms with E-state index in [-0.39, 0.29) is 6.10 Å². The van der Waals surface area contributed by atoms with Gasteiger partial charge in [0.1, 0.15) is 0 Å². The number of benzene rings is 1. The minimum Gasteiger partial charge on any atom is -0.389 e. The van der Waals surface area contributed by atoms with Gasteiger partial charge < -0.3 is 10.0 Å². The maximum Gasteiger partial charge on any atom is 0.0889 e. The van der Waals surface area contributed by atoms with Gasteiger partial charge >= 0.3 is 0 Å². The van der Waals surface area contributed by atoms with Crippen molar-refractivity contribution < 1.29 is 5.11 Å². The third-order valence-electron chi connectivity index (χ3n) is 2.88. The summed E-state index contributed by atoms with van der Waals surface area (Å²) in [6.07, 6.45) is 1.63. The molecule has 0 radical (unpaired) electrons. The van der Waals surface area contributed by atoms with Crippen molar-refractivity contribution in [1.29, 1.82) is 0 Å². The Morgan fingerprint density at radius 3 is 2.88 bits per heavy atom. The fourth-order valence-corrected chi connectivity index (χ4v) is 2.38. The third-order valence-corrected chi connectivity index (χ3v) is 3.38. The van der Waals surface area contributed by atoms with Gasteiger partial charge in [0.05, 0.1) is 11.6 Å². The van der Waals surface area contributed by atoms with Gasteiger partial charge in [-0.05, 0) is 24.3 Å². The van der Waals surface area contributed by atoms with E-state index in [9.17, 15) is 5.11 Å². The SMILES string of the molecule is OC1CN(c2ccnc3cc(Br)ccc23)C1. The molecule has 0 saturated carbocycles. The molecule has 0 bridgehead atoms. The Bertz CT molecular complexity index is 538. The van der Waals surface area contributed by atoms with E-state index in [0.717, 1.165) is 34.2 Å². The number of halogens is 1. The smallest absolute Gasteiger partial charge is 0.0889 e. The lowest BCUT2D eigenvalue weighted by Gasteiger charge is -2.38. The molecule has 0 amide bonds. The van der Waals surface area contributed by atoms with Gasteiger partial charge in [-0.1, -0.05) is 15.9 Å². The number of aliphatic hydroxyl groups is 1. The van der Waals surface area contributed by atoms with Crippen LogP contribution in [0.15, 0.2) is 34.9 Å². The van der Waals surface area contributed by atoms with Gasteiger partial charge in [-0.3, -0.25) is 4.98 Å². The summed E-state index contributed by atoms with van der Waals surface area (Å²) in [5, 5.41) is 10.5. The molecule has 1 aliphatic rings. The average Bonchev–Trinajstić information content (AvgIpc) is 2.24. The monoisotopic (exact) mass is 278 g/mol. The van der Waals surface area contributed by atoms with Crippen LogP contribution in [-0.2, 0) is 0 Å². The molecular formula is C12H11BrN2O. The molecule has 4 heteroatoms. The van der Waals surface area contributed by atoms with Crippen molar-refractivity contribution >= 4 is 32.5 Å². The molecule has 1 fully saturated rings. The van der Waals surface area contributed by atoms with Crippen LogP contribution in [0.5, 0.6) is 0 Å². The number of rotatable bonds is 1. The number of pyridine rings is 1. The highest BCUT2D eigenvalue weighted by Crippen LogP contribution is 2.30. The number of hydrogen-bond acceptors (Lipinski definition) is 3. The van der Waals surface area contributed by atoms with Crippen LogP contribution in [0.3, 0.4) is 0 Å². The zero-order valence-electron chi connectivity index (χ0n) is 8.60. The van der Waals surface area contributed by atoms with Crippen LogP contribution in [-0.4, -0.2) is 29.3 Å². The number of aromatic nitrogens is 1. The van der Waals surface area contributed by atoms with Gasteiger partial charge in [-0.15, -0.1) is 0 Å². The first kappa shape index (κ1) is 10.1. The number of nitrogens with zero attached hydrogens (tertiary/aromatic N) is 2. The number of β-amino-alcohol motifs (C(OH)–C–C–N with tert-alkyl or cyclic N) is 1. The second kappa shape index (κ2) is 3.71. The fraction of sp³-hybridized carbons (Fsp3) is 0.250. The van der Waals surface area contributed by atoms with Crippen LogP contribution in [0.2, 0.25) is 0 Å². The molecular weight excluding hydrogens is 268 g/mol. The quantitative estimate of drug-likeness (QED) is 0.869. The van der Waals surface area contributed by atoms with E-state index in [1.165, 1.54) is 0 Å². The highest BCUT2D eigenvalue weighted by atomic mass is 79.9. The van der Waals surface area contributed by atoms with Crippen molar-refractivity contribution in [2.75, 3.05) is 18.0 Å². The summed E-state index contributed by atoms with van der Waals surface area (Å²) in [7, 11) is 0. The molecule has 2 heterocycles. The van der Waals surface area contributed by atoms with Crippen LogP contribution in [0.1, 0.15) is 0 Å². The normalized spacial score (nSPS) is 16.5. The first-order valence-corrected chi connectivity index (χ1v) is 6.00. The second-order valence-electron chi connectivity index (χ2n) is 4.05.